The van der Waals surface area contributed by atoms with Crippen LogP contribution in [-0.2, 0) is 6.54 Å². The van der Waals surface area contributed by atoms with Gasteiger partial charge in [-0.15, -0.1) is 24.0 Å². The summed E-state index contributed by atoms with van der Waals surface area (Å²) < 4.78 is 1.83. The molecule has 6 heteroatoms. The molecule has 5 nitrogen and oxygen atoms in total. The van der Waals surface area contributed by atoms with Crippen molar-refractivity contribution in [2.24, 2.45) is 10.9 Å². The highest BCUT2D eigenvalue weighted by Crippen LogP contribution is 1.98. The van der Waals surface area contributed by atoms with Crippen molar-refractivity contribution in [1.29, 1.82) is 0 Å². The van der Waals surface area contributed by atoms with Crippen molar-refractivity contribution < 1.29 is 0 Å². The Hall–Kier alpha value is -1.05. The van der Waals surface area contributed by atoms with E-state index in [1.165, 1.54) is 0 Å². The second kappa shape index (κ2) is 12.4. The Morgan fingerprint density at radius 3 is 2.52 bits per heavy atom. The van der Waals surface area contributed by atoms with Crippen LogP contribution in [-0.4, -0.2) is 30.7 Å². The first-order chi connectivity index (χ1) is 10.5. The Bertz CT molecular complexity index is 526. The lowest BCUT2D eigenvalue weighted by Gasteiger charge is -2.13. The number of unbranched alkanes of at least 4 members (excludes halogenated alkanes) is 1. The standard InChI is InChI=1S/C17H30N4O.HI/c1-14(2)10-12-20-17(18-4)19-11-5-6-13-21-15(3)8-7-9-16(21)22;/h7-9,14H,5-6,10-13H2,1-4H3,(H2,18,19,20);1H. The van der Waals surface area contributed by atoms with Gasteiger partial charge in [0.15, 0.2) is 5.96 Å². The highest BCUT2D eigenvalue weighted by atomic mass is 127. The number of halogens is 1. The minimum Gasteiger partial charge on any atom is -0.356 e. The van der Waals surface area contributed by atoms with Crippen LogP contribution in [0.2, 0.25) is 0 Å². The number of aliphatic imine (C=N–C) groups is 1. The van der Waals surface area contributed by atoms with E-state index in [9.17, 15) is 4.79 Å². The van der Waals surface area contributed by atoms with E-state index in [2.05, 4.69) is 29.5 Å². The van der Waals surface area contributed by atoms with Crippen molar-refractivity contribution in [3.05, 3.63) is 34.2 Å². The molecule has 0 bridgehead atoms. The first-order valence-electron chi connectivity index (χ1n) is 8.15. The third-order valence-corrected chi connectivity index (χ3v) is 3.61. The predicted molar refractivity (Wildman–Crippen MR) is 109 cm³/mol. The van der Waals surface area contributed by atoms with Crippen molar-refractivity contribution in [3.8, 4) is 0 Å². The molecule has 0 radical (unpaired) electrons. The average Bonchev–Trinajstić information content (AvgIpc) is 2.47. The molecule has 0 saturated heterocycles. The molecule has 0 fully saturated rings. The Balaban J connectivity index is 0.00000484. The fraction of sp³-hybridized carbons (Fsp3) is 0.647. The molecule has 1 aromatic heterocycles. The fourth-order valence-corrected chi connectivity index (χ4v) is 2.21. The van der Waals surface area contributed by atoms with Crippen LogP contribution in [0, 0.1) is 12.8 Å². The molecule has 1 aromatic rings. The smallest absolute Gasteiger partial charge is 0.250 e. The lowest BCUT2D eigenvalue weighted by Crippen LogP contribution is -2.38. The maximum absolute atomic E-state index is 11.7. The van der Waals surface area contributed by atoms with Crippen LogP contribution in [0.5, 0.6) is 0 Å². The number of nitrogens with zero attached hydrogens (tertiary/aromatic N) is 2. The molecule has 0 atom stereocenters. The number of guanidine groups is 1. The molecule has 23 heavy (non-hydrogen) atoms. The second-order valence-electron chi connectivity index (χ2n) is 5.97. The Labute approximate surface area is 157 Å². The zero-order chi connectivity index (χ0) is 16.4. The zero-order valence-corrected chi connectivity index (χ0v) is 17.1. The van der Waals surface area contributed by atoms with E-state index in [4.69, 9.17) is 0 Å². The Kier molecular flexibility index (Phi) is 11.8. The van der Waals surface area contributed by atoms with Gasteiger partial charge in [-0.2, -0.15) is 0 Å². The summed E-state index contributed by atoms with van der Waals surface area (Å²) in [5.74, 6) is 1.55. The summed E-state index contributed by atoms with van der Waals surface area (Å²) in [7, 11) is 1.79. The maximum Gasteiger partial charge on any atom is 0.250 e. The van der Waals surface area contributed by atoms with Gasteiger partial charge in [0.05, 0.1) is 0 Å². The largest absolute Gasteiger partial charge is 0.356 e. The van der Waals surface area contributed by atoms with E-state index in [-0.39, 0.29) is 29.5 Å². The first kappa shape index (κ1) is 21.9. The van der Waals surface area contributed by atoms with E-state index in [1.807, 2.05) is 23.6 Å². The van der Waals surface area contributed by atoms with Crippen LogP contribution in [0.4, 0.5) is 0 Å². The molecule has 0 aliphatic carbocycles. The van der Waals surface area contributed by atoms with Gasteiger partial charge < -0.3 is 15.2 Å². The quantitative estimate of drug-likeness (QED) is 0.286. The highest BCUT2D eigenvalue weighted by molar-refractivity contribution is 14.0. The van der Waals surface area contributed by atoms with Gasteiger partial charge in [-0.25, -0.2) is 0 Å². The van der Waals surface area contributed by atoms with E-state index < -0.39 is 0 Å². The van der Waals surface area contributed by atoms with Crippen molar-refractivity contribution in [1.82, 2.24) is 15.2 Å². The summed E-state index contributed by atoms with van der Waals surface area (Å²) in [6.45, 7) is 8.97. The highest BCUT2D eigenvalue weighted by Gasteiger charge is 2.00. The minimum absolute atomic E-state index is 0. The number of rotatable bonds is 8. The average molecular weight is 434 g/mol. The fourth-order valence-electron chi connectivity index (χ4n) is 2.21. The molecule has 132 valence electrons. The normalized spacial score (nSPS) is 11.3. The summed E-state index contributed by atoms with van der Waals surface area (Å²) in [6, 6.07) is 5.40. The predicted octanol–water partition coefficient (Wildman–Crippen LogP) is 2.77. The molecule has 0 aromatic carbocycles. The lowest BCUT2D eigenvalue weighted by atomic mass is 10.1. The second-order valence-corrected chi connectivity index (χ2v) is 5.97. The first-order valence-corrected chi connectivity index (χ1v) is 8.15. The van der Waals surface area contributed by atoms with Crippen LogP contribution in [0.25, 0.3) is 0 Å². The number of hydrogen-bond acceptors (Lipinski definition) is 2. The summed E-state index contributed by atoms with van der Waals surface area (Å²) >= 11 is 0. The molecule has 1 heterocycles. The maximum atomic E-state index is 11.7. The zero-order valence-electron chi connectivity index (χ0n) is 14.8. The lowest BCUT2D eigenvalue weighted by molar-refractivity contribution is 0.563. The molecule has 0 amide bonds. The summed E-state index contributed by atoms with van der Waals surface area (Å²) in [6.07, 6.45) is 3.11. The van der Waals surface area contributed by atoms with E-state index in [0.717, 1.165) is 50.6 Å². The SMILES string of the molecule is CN=C(NCCCCn1c(C)cccc1=O)NCCC(C)C.I. The number of pyridine rings is 1. The summed E-state index contributed by atoms with van der Waals surface area (Å²) in [5.41, 5.74) is 1.10. The van der Waals surface area contributed by atoms with Crippen molar-refractivity contribution in [3.63, 3.8) is 0 Å². The topological polar surface area (TPSA) is 58.4 Å². The number of hydrogen-bond donors (Lipinski definition) is 2. The van der Waals surface area contributed by atoms with Crippen molar-refractivity contribution in [2.75, 3.05) is 20.1 Å². The van der Waals surface area contributed by atoms with Crippen LogP contribution < -0.4 is 16.2 Å². The van der Waals surface area contributed by atoms with E-state index in [1.54, 1.807) is 13.1 Å². The van der Waals surface area contributed by atoms with E-state index >= 15 is 0 Å². The molecule has 0 aliphatic heterocycles. The van der Waals surface area contributed by atoms with Gasteiger partial charge in [0, 0.05) is 38.4 Å². The molecular weight excluding hydrogens is 403 g/mol. The van der Waals surface area contributed by atoms with Crippen molar-refractivity contribution >= 4 is 29.9 Å². The van der Waals surface area contributed by atoms with Gasteiger partial charge >= 0.3 is 0 Å². The van der Waals surface area contributed by atoms with Gasteiger partial charge in [-0.1, -0.05) is 19.9 Å². The summed E-state index contributed by atoms with van der Waals surface area (Å²) in [4.78, 5) is 16.0. The number of aryl methyl sites for hydroxylation is 1. The molecular formula is C17H31IN4O. The minimum atomic E-state index is 0. The third-order valence-electron chi connectivity index (χ3n) is 3.61. The van der Waals surface area contributed by atoms with Gasteiger partial charge in [0.25, 0.3) is 5.56 Å². The molecule has 0 spiro atoms. The number of aromatic nitrogens is 1. The molecule has 2 N–H and O–H groups in total. The molecule has 0 aliphatic rings. The molecule has 1 rings (SSSR count). The van der Waals surface area contributed by atoms with Gasteiger partial charge in [-0.3, -0.25) is 9.79 Å². The van der Waals surface area contributed by atoms with Gasteiger partial charge in [-0.05, 0) is 38.2 Å². The van der Waals surface area contributed by atoms with Gasteiger partial charge in [0.1, 0.15) is 0 Å². The summed E-state index contributed by atoms with van der Waals surface area (Å²) in [5, 5.41) is 6.62. The Morgan fingerprint density at radius 1 is 1.22 bits per heavy atom. The van der Waals surface area contributed by atoms with Crippen LogP contribution in [0.1, 0.15) is 38.8 Å². The van der Waals surface area contributed by atoms with Crippen LogP contribution in [0.3, 0.4) is 0 Å². The van der Waals surface area contributed by atoms with Crippen LogP contribution in [0.15, 0.2) is 28.0 Å². The Morgan fingerprint density at radius 2 is 1.91 bits per heavy atom. The van der Waals surface area contributed by atoms with Crippen LogP contribution >= 0.6 is 24.0 Å². The van der Waals surface area contributed by atoms with Gasteiger partial charge in [0.2, 0.25) is 0 Å². The molecule has 0 unspecified atom stereocenters. The third kappa shape index (κ3) is 8.98. The molecule has 0 saturated carbocycles. The number of nitrogens with one attached hydrogen (secondary N) is 2. The van der Waals surface area contributed by atoms with E-state index in [0.29, 0.717) is 5.92 Å². The monoisotopic (exact) mass is 434 g/mol. The van der Waals surface area contributed by atoms with Crippen molar-refractivity contribution in [2.45, 2.75) is 46.6 Å².